The van der Waals surface area contributed by atoms with Gasteiger partial charge < -0.3 is 5.32 Å². The molecule has 2 unspecified atom stereocenters. The summed E-state index contributed by atoms with van der Waals surface area (Å²) in [7, 11) is 0. The number of nitrogens with zero attached hydrogens (tertiary/aromatic N) is 2. The van der Waals surface area contributed by atoms with Crippen LogP contribution in [0.25, 0.3) is 0 Å². The van der Waals surface area contributed by atoms with E-state index in [0.29, 0.717) is 11.2 Å². The summed E-state index contributed by atoms with van der Waals surface area (Å²) >= 11 is 5.98. The van der Waals surface area contributed by atoms with Crippen molar-refractivity contribution in [1.82, 2.24) is 9.97 Å². The van der Waals surface area contributed by atoms with Gasteiger partial charge in [-0.15, -0.1) is 0 Å². The zero-order valence-electron chi connectivity index (χ0n) is 9.78. The molecule has 2 rings (SSSR count). The normalized spacial score (nSPS) is 30.1. The Bertz CT molecular complexity index is 346. The minimum Gasteiger partial charge on any atom is -0.365 e. The third-order valence-electron chi connectivity index (χ3n) is 3.17. The number of anilines is 1. The third-order valence-corrected chi connectivity index (χ3v) is 3.45. The van der Waals surface area contributed by atoms with Crippen molar-refractivity contribution in [2.45, 2.75) is 39.2 Å². The van der Waals surface area contributed by atoms with Gasteiger partial charge in [-0.2, -0.15) is 0 Å². The van der Waals surface area contributed by atoms with E-state index in [-0.39, 0.29) is 0 Å². The van der Waals surface area contributed by atoms with Crippen LogP contribution in [0.1, 0.15) is 33.1 Å². The quantitative estimate of drug-likeness (QED) is 0.860. The highest BCUT2D eigenvalue weighted by molar-refractivity contribution is 6.31. The zero-order chi connectivity index (χ0) is 11.5. The predicted octanol–water partition coefficient (Wildman–Crippen LogP) is 3.37. The molecule has 1 aliphatic rings. The van der Waals surface area contributed by atoms with Gasteiger partial charge in [0.1, 0.15) is 0 Å². The number of halogens is 1. The second kappa shape index (κ2) is 5.00. The number of nitrogens with one attached hydrogen (secondary N) is 1. The van der Waals surface area contributed by atoms with Crippen molar-refractivity contribution in [1.29, 1.82) is 0 Å². The SMILES string of the molecule is CC1CC(C)CC(Nc2nccnc2Cl)C1. The van der Waals surface area contributed by atoms with Crippen LogP contribution in [0.5, 0.6) is 0 Å². The molecule has 88 valence electrons. The molecule has 0 aliphatic heterocycles. The van der Waals surface area contributed by atoms with E-state index in [2.05, 4.69) is 29.1 Å². The fourth-order valence-electron chi connectivity index (χ4n) is 2.68. The van der Waals surface area contributed by atoms with E-state index in [4.69, 9.17) is 11.6 Å². The van der Waals surface area contributed by atoms with Gasteiger partial charge in [0.15, 0.2) is 11.0 Å². The van der Waals surface area contributed by atoms with Gasteiger partial charge in [0.25, 0.3) is 0 Å². The lowest BCUT2D eigenvalue weighted by Crippen LogP contribution is -2.30. The number of aromatic nitrogens is 2. The highest BCUT2D eigenvalue weighted by atomic mass is 35.5. The van der Waals surface area contributed by atoms with Gasteiger partial charge in [0.05, 0.1) is 0 Å². The highest BCUT2D eigenvalue weighted by Crippen LogP contribution is 2.30. The van der Waals surface area contributed by atoms with Crippen molar-refractivity contribution >= 4 is 17.4 Å². The van der Waals surface area contributed by atoms with Crippen LogP contribution in [-0.2, 0) is 0 Å². The average Bonchev–Trinajstić information content (AvgIpc) is 2.20. The second-order valence-electron chi connectivity index (χ2n) is 4.95. The maximum absolute atomic E-state index is 5.98. The number of rotatable bonds is 2. The summed E-state index contributed by atoms with van der Waals surface area (Å²) in [6.45, 7) is 4.62. The monoisotopic (exact) mass is 239 g/mol. The van der Waals surface area contributed by atoms with Crippen molar-refractivity contribution in [3.63, 3.8) is 0 Å². The van der Waals surface area contributed by atoms with Crippen molar-refractivity contribution in [3.05, 3.63) is 17.5 Å². The van der Waals surface area contributed by atoms with Crippen LogP contribution in [0, 0.1) is 11.8 Å². The molecule has 16 heavy (non-hydrogen) atoms. The maximum Gasteiger partial charge on any atom is 0.171 e. The van der Waals surface area contributed by atoms with Crippen molar-refractivity contribution in [2.24, 2.45) is 11.8 Å². The molecule has 0 aromatic carbocycles. The second-order valence-corrected chi connectivity index (χ2v) is 5.31. The Labute approximate surface area is 102 Å². The molecule has 2 atom stereocenters. The summed E-state index contributed by atoms with van der Waals surface area (Å²) in [6.07, 6.45) is 6.99. The summed E-state index contributed by atoms with van der Waals surface area (Å²) < 4.78 is 0. The van der Waals surface area contributed by atoms with Crippen LogP contribution >= 0.6 is 11.6 Å². The fourth-order valence-corrected chi connectivity index (χ4v) is 2.84. The topological polar surface area (TPSA) is 37.8 Å². The summed E-state index contributed by atoms with van der Waals surface area (Å²) in [6, 6.07) is 0.480. The Kier molecular flexibility index (Phi) is 3.64. The first-order valence-electron chi connectivity index (χ1n) is 5.88. The summed E-state index contributed by atoms with van der Waals surface area (Å²) in [4.78, 5) is 8.24. The van der Waals surface area contributed by atoms with Gasteiger partial charge in [-0.25, -0.2) is 9.97 Å². The Morgan fingerprint density at radius 3 is 2.38 bits per heavy atom. The van der Waals surface area contributed by atoms with Crippen molar-refractivity contribution in [2.75, 3.05) is 5.32 Å². The molecule has 1 heterocycles. The van der Waals surface area contributed by atoms with Gasteiger partial charge in [0.2, 0.25) is 0 Å². The Morgan fingerprint density at radius 1 is 1.12 bits per heavy atom. The number of hydrogen-bond donors (Lipinski definition) is 1. The molecule has 0 spiro atoms. The average molecular weight is 240 g/mol. The lowest BCUT2D eigenvalue weighted by molar-refractivity contribution is 0.280. The smallest absolute Gasteiger partial charge is 0.171 e. The summed E-state index contributed by atoms with van der Waals surface area (Å²) in [5.74, 6) is 2.27. The summed E-state index contributed by atoms with van der Waals surface area (Å²) in [5.41, 5.74) is 0. The van der Waals surface area contributed by atoms with Gasteiger partial charge in [-0.3, -0.25) is 0 Å². The molecule has 3 nitrogen and oxygen atoms in total. The first-order chi connectivity index (χ1) is 7.65. The van der Waals surface area contributed by atoms with Crippen LogP contribution in [0.3, 0.4) is 0 Å². The van der Waals surface area contributed by atoms with Crippen LogP contribution < -0.4 is 5.32 Å². The fraction of sp³-hybridized carbons (Fsp3) is 0.667. The third kappa shape index (κ3) is 2.85. The molecule has 0 radical (unpaired) electrons. The molecule has 1 aromatic heterocycles. The molecule has 0 bridgehead atoms. The summed E-state index contributed by atoms with van der Waals surface area (Å²) in [5, 5.41) is 3.87. The van der Waals surface area contributed by atoms with Gasteiger partial charge in [-0.1, -0.05) is 25.4 Å². The van der Waals surface area contributed by atoms with Crippen LogP contribution in [0.15, 0.2) is 12.4 Å². The lowest BCUT2D eigenvalue weighted by Gasteiger charge is -2.32. The Morgan fingerprint density at radius 2 is 1.75 bits per heavy atom. The van der Waals surface area contributed by atoms with Crippen LogP contribution in [0.4, 0.5) is 5.82 Å². The molecular weight excluding hydrogens is 222 g/mol. The Balaban J connectivity index is 2.02. The van der Waals surface area contributed by atoms with E-state index in [1.807, 2.05) is 0 Å². The molecule has 1 N–H and O–H groups in total. The van der Waals surface area contributed by atoms with Crippen LogP contribution in [-0.4, -0.2) is 16.0 Å². The molecule has 1 fully saturated rings. The highest BCUT2D eigenvalue weighted by Gasteiger charge is 2.24. The molecule has 0 saturated heterocycles. The minimum absolute atomic E-state index is 0.466. The van der Waals surface area contributed by atoms with Crippen molar-refractivity contribution < 1.29 is 0 Å². The van der Waals surface area contributed by atoms with E-state index < -0.39 is 0 Å². The lowest BCUT2D eigenvalue weighted by atomic mass is 9.80. The molecular formula is C12H18ClN3. The Hall–Kier alpha value is -0.830. The molecule has 1 aliphatic carbocycles. The van der Waals surface area contributed by atoms with Gasteiger partial charge in [0, 0.05) is 18.4 Å². The van der Waals surface area contributed by atoms with E-state index >= 15 is 0 Å². The predicted molar refractivity (Wildman–Crippen MR) is 66.6 cm³/mol. The molecule has 0 amide bonds. The number of hydrogen-bond acceptors (Lipinski definition) is 3. The zero-order valence-corrected chi connectivity index (χ0v) is 10.5. The van der Waals surface area contributed by atoms with Crippen LogP contribution in [0.2, 0.25) is 5.15 Å². The van der Waals surface area contributed by atoms with E-state index in [0.717, 1.165) is 17.7 Å². The maximum atomic E-state index is 5.98. The van der Waals surface area contributed by atoms with Crippen molar-refractivity contribution in [3.8, 4) is 0 Å². The largest absolute Gasteiger partial charge is 0.365 e. The minimum atomic E-state index is 0.466. The first-order valence-corrected chi connectivity index (χ1v) is 6.26. The van der Waals surface area contributed by atoms with E-state index in [1.54, 1.807) is 12.4 Å². The molecule has 4 heteroatoms. The van der Waals surface area contributed by atoms with E-state index in [9.17, 15) is 0 Å². The standard InChI is InChI=1S/C12H18ClN3/c1-8-5-9(2)7-10(6-8)16-12-11(13)14-3-4-15-12/h3-4,8-10H,5-7H2,1-2H3,(H,15,16). The van der Waals surface area contributed by atoms with E-state index in [1.165, 1.54) is 19.3 Å². The first kappa shape index (κ1) is 11.6. The molecule has 1 aromatic rings. The molecule has 1 saturated carbocycles. The van der Waals surface area contributed by atoms with Gasteiger partial charge >= 0.3 is 0 Å². The van der Waals surface area contributed by atoms with Gasteiger partial charge in [-0.05, 0) is 31.1 Å².